The predicted octanol–water partition coefficient (Wildman–Crippen LogP) is 2.51. The molecule has 0 bridgehead atoms. The highest BCUT2D eigenvalue weighted by Gasteiger charge is 2.27. The summed E-state index contributed by atoms with van der Waals surface area (Å²) in [6, 6.07) is 5.83. The second-order valence-electron chi connectivity index (χ2n) is 5.44. The molecule has 1 fully saturated rings. The standard InChI is InChI=1S/C15H16N2O3S/c18-14(15(19)20)17(7-10-2-1-3-10)8-11-4-5-13-12(6-11)16-9-21-13/h4-6,9-10H,1-3,7-8H2,(H,19,20). The molecule has 1 heterocycles. The number of carbonyl (C=O) groups is 2. The van der Waals surface area contributed by atoms with E-state index >= 15 is 0 Å². The van der Waals surface area contributed by atoms with Gasteiger partial charge in [0.1, 0.15) is 0 Å². The van der Waals surface area contributed by atoms with E-state index in [1.807, 2.05) is 18.2 Å². The van der Waals surface area contributed by atoms with E-state index in [-0.39, 0.29) is 0 Å². The van der Waals surface area contributed by atoms with Gasteiger partial charge in [0.2, 0.25) is 0 Å². The first-order chi connectivity index (χ1) is 10.1. The highest BCUT2D eigenvalue weighted by atomic mass is 32.1. The number of hydrogen-bond acceptors (Lipinski definition) is 4. The van der Waals surface area contributed by atoms with Crippen molar-refractivity contribution in [2.75, 3.05) is 6.54 Å². The molecule has 1 aromatic heterocycles. The van der Waals surface area contributed by atoms with E-state index in [2.05, 4.69) is 4.98 Å². The number of aromatic nitrogens is 1. The van der Waals surface area contributed by atoms with Crippen LogP contribution in [-0.4, -0.2) is 33.4 Å². The van der Waals surface area contributed by atoms with Crippen LogP contribution in [0, 0.1) is 5.92 Å². The van der Waals surface area contributed by atoms with Crippen molar-refractivity contribution in [1.82, 2.24) is 9.88 Å². The van der Waals surface area contributed by atoms with Crippen LogP contribution >= 0.6 is 11.3 Å². The number of fused-ring (bicyclic) bond motifs is 1. The zero-order valence-corrected chi connectivity index (χ0v) is 12.3. The van der Waals surface area contributed by atoms with Gasteiger partial charge in [-0.1, -0.05) is 12.5 Å². The normalized spacial score (nSPS) is 14.9. The van der Waals surface area contributed by atoms with Crippen molar-refractivity contribution in [2.24, 2.45) is 5.92 Å². The topological polar surface area (TPSA) is 70.5 Å². The predicted molar refractivity (Wildman–Crippen MR) is 80.0 cm³/mol. The van der Waals surface area contributed by atoms with E-state index in [0.717, 1.165) is 28.6 Å². The Bertz CT molecular complexity index is 678. The van der Waals surface area contributed by atoms with Crippen molar-refractivity contribution in [3.05, 3.63) is 29.3 Å². The molecule has 21 heavy (non-hydrogen) atoms. The van der Waals surface area contributed by atoms with Crippen LogP contribution in [-0.2, 0) is 16.1 Å². The maximum absolute atomic E-state index is 11.8. The number of amides is 1. The van der Waals surface area contributed by atoms with Crippen LogP contribution in [0.1, 0.15) is 24.8 Å². The Balaban J connectivity index is 1.78. The number of carbonyl (C=O) groups excluding carboxylic acids is 1. The third-order valence-corrected chi connectivity index (χ3v) is 4.75. The largest absolute Gasteiger partial charge is 0.474 e. The van der Waals surface area contributed by atoms with Gasteiger partial charge >= 0.3 is 11.9 Å². The second kappa shape index (κ2) is 5.81. The molecule has 1 aliphatic rings. The molecule has 1 aromatic carbocycles. The number of carboxylic acids is 1. The first kappa shape index (κ1) is 14.0. The average Bonchev–Trinajstić information content (AvgIpc) is 2.87. The van der Waals surface area contributed by atoms with Crippen molar-refractivity contribution in [3.8, 4) is 0 Å². The summed E-state index contributed by atoms with van der Waals surface area (Å²) in [6.45, 7) is 0.856. The number of carboxylic acid groups (broad SMARTS) is 1. The van der Waals surface area contributed by atoms with Crippen LogP contribution in [0.15, 0.2) is 23.7 Å². The number of nitrogens with zero attached hydrogens (tertiary/aromatic N) is 2. The van der Waals surface area contributed by atoms with Gasteiger partial charge in [0.15, 0.2) is 0 Å². The fourth-order valence-electron chi connectivity index (χ4n) is 2.56. The first-order valence-corrected chi connectivity index (χ1v) is 7.86. The zero-order valence-electron chi connectivity index (χ0n) is 11.5. The van der Waals surface area contributed by atoms with Crippen molar-refractivity contribution < 1.29 is 14.7 Å². The first-order valence-electron chi connectivity index (χ1n) is 6.98. The van der Waals surface area contributed by atoms with E-state index in [4.69, 9.17) is 5.11 Å². The third-order valence-electron chi connectivity index (χ3n) is 3.94. The molecule has 0 unspecified atom stereocenters. The summed E-state index contributed by atoms with van der Waals surface area (Å²) in [6.07, 6.45) is 3.33. The summed E-state index contributed by atoms with van der Waals surface area (Å²) in [5, 5.41) is 8.97. The maximum Gasteiger partial charge on any atom is 0.394 e. The van der Waals surface area contributed by atoms with Gasteiger partial charge < -0.3 is 10.0 Å². The minimum Gasteiger partial charge on any atom is -0.474 e. The number of rotatable bonds is 4. The molecule has 2 aromatic rings. The van der Waals surface area contributed by atoms with Crippen LogP contribution in [0.2, 0.25) is 0 Å². The lowest BCUT2D eigenvalue weighted by Gasteiger charge is -2.31. The van der Waals surface area contributed by atoms with Crippen molar-refractivity contribution in [3.63, 3.8) is 0 Å². The molecule has 1 amide bonds. The lowest BCUT2D eigenvalue weighted by Crippen LogP contribution is -2.40. The zero-order chi connectivity index (χ0) is 14.8. The van der Waals surface area contributed by atoms with Gasteiger partial charge in [-0.3, -0.25) is 4.79 Å². The Morgan fingerprint density at radius 3 is 2.86 bits per heavy atom. The molecule has 0 spiro atoms. The van der Waals surface area contributed by atoms with E-state index in [9.17, 15) is 9.59 Å². The van der Waals surface area contributed by atoms with Crippen molar-refractivity contribution in [1.29, 1.82) is 0 Å². The van der Waals surface area contributed by atoms with Gasteiger partial charge in [-0.25, -0.2) is 9.78 Å². The lowest BCUT2D eigenvalue weighted by molar-refractivity contribution is -0.156. The molecule has 6 heteroatoms. The van der Waals surface area contributed by atoms with Gasteiger partial charge in [0.05, 0.1) is 15.7 Å². The van der Waals surface area contributed by atoms with Gasteiger partial charge in [-0.05, 0) is 36.5 Å². The lowest BCUT2D eigenvalue weighted by atomic mass is 9.85. The molecule has 0 saturated heterocycles. The van der Waals surface area contributed by atoms with Crippen LogP contribution < -0.4 is 0 Å². The SMILES string of the molecule is O=C(O)C(=O)N(Cc1ccc2scnc2c1)CC1CCC1. The van der Waals surface area contributed by atoms with Gasteiger partial charge in [-0.2, -0.15) is 0 Å². The summed E-state index contributed by atoms with van der Waals surface area (Å²) >= 11 is 1.56. The highest BCUT2D eigenvalue weighted by Crippen LogP contribution is 2.28. The smallest absolute Gasteiger partial charge is 0.394 e. The molecule has 5 nitrogen and oxygen atoms in total. The number of aliphatic carboxylic acids is 1. The summed E-state index contributed by atoms with van der Waals surface area (Å²) in [5.74, 6) is -1.76. The second-order valence-corrected chi connectivity index (χ2v) is 6.33. The Kier molecular flexibility index (Phi) is 3.88. The molecule has 1 aliphatic carbocycles. The molecule has 0 radical (unpaired) electrons. The monoisotopic (exact) mass is 304 g/mol. The van der Waals surface area contributed by atoms with Gasteiger partial charge in [0, 0.05) is 13.1 Å². The van der Waals surface area contributed by atoms with E-state index < -0.39 is 11.9 Å². The molecule has 0 atom stereocenters. The number of thiazole rings is 1. The molecular formula is C15H16N2O3S. The van der Waals surface area contributed by atoms with Crippen LogP contribution in [0.4, 0.5) is 0 Å². The third kappa shape index (κ3) is 3.05. The Morgan fingerprint density at radius 2 is 2.19 bits per heavy atom. The Labute approximate surface area is 126 Å². The maximum atomic E-state index is 11.8. The fraction of sp³-hybridized carbons (Fsp3) is 0.400. The van der Waals surface area contributed by atoms with Crippen LogP contribution in [0.3, 0.4) is 0 Å². The van der Waals surface area contributed by atoms with Crippen molar-refractivity contribution >= 4 is 33.4 Å². The quantitative estimate of drug-likeness (QED) is 0.881. The summed E-state index contributed by atoms with van der Waals surface area (Å²) in [4.78, 5) is 28.5. The molecule has 110 valence electrons. The fourth-order valence-corrected chi connectivity index (χ4v) is 3.22. The van der Waals surface area contributed by atoms with E-state index in [0.29, 0.717) is 19.0 Å². The summed E-state index contributed by atoms with van der Waals surface area (Å²) in [5.41, 5.74) is 3.59. The van der Waals surface area contributed by atoms with Gasteiger partial charge in [0.25, 0.3) is 0 Å². The average molecular weight is 304 g/mol. The van der Waals surface area contributed by atoms with Gasteiger partial charge in [-0.15, -0.1) is 11.3 Å². The molecular weight excluding hydrogens is 288 g/mol. The molecule has 3 rings (SSSR count). The van der Waals surface area contributed by atoms with Crippen LogP contribution in [0.5, 0.6) is 0 Å². The minimum absolute atomic E-state index is 0.328. The Morgan fingerprint density at radius 1 is 1.38 bits per heavy atom. The highest BCUT2D eigenvalue weighted by molar-refractivity contribution is 7.16. The van der Waals surface area contributed by atoms with E-state index in [1.54, 1.807) is 16.8 Å². The Hall–Kier alpha value is -1.95. The molecule has 1 N–H and O–H groups in total. The van der Waals surface area contributed by atoms with Crippen molar-refractivity contribution in [2.45, 2.75) is 25.8 Å². The number of benzene rings is 1. The van der Waals surface area contributed by atoms with E-state index in [1.165, 1.54) is 11.3 Å². The van der Waals surface area contributed by atoms with Crippen LogP contribution in [0.25, 0.3) is 10.2 Å². The summed E-state index contributed by atoms with van der Waals surface area (Å²) < 4.78 is 1.09. The molecule has 0 aliphatic heterocycles. The summed E-state index contributed by atoms with van der Waals surface area (Å²) in [7, 11) is 0. The number of hydrogen-bond donors (Lipinski definition) is 1. The minimum atomic E-state index is -1.39. The molecule has 1 saturated carbocycles.